The molecule has 2 amide bonds. The first kappa shape index (κ1) is 23.3. The zero-order valence-electron chi connectivity index (χ0n) is 18.5. The monoisotopic (exact) mass is 472 g/mol. The van der Waals surface area contributed by atoms with Crippen molar-refractivity contribution in [2.75, 3.05) is 18.6 Å². The molecule has 0 saturated carbocycles. The number of hydrogen-bond donors (Lipinski definition) is 1. The van der Waals surface area contributed by atoms with Crippen molar-refractivity contribution in [3.8, 4) is 5.75 Å². The summed E-state index contributed by atoms with van der Waals surface area (Å²) in [5.74, 6) is -0.424. The number of aryl methyl sites for hydroxylation is 1. The van der Waals surface area contributed by atoms with Crippen LogP contribution < -0.4 is 15.0 Å². The molecule has 1 saturated heterocycles. The van der Waals surface area contributed by atoms with Gasteiger partial charge in [0.05, 0.1) is 18.6 Å². The summed E-state index contributed by atoms with van der Waals surface area (Å²) in [6.45, 7) is -0.0226. The number of methoxy groups -OCH3 is 1. The molecule has 0 spiro atoms. The van der Waals surface area contributed by atoms with Gasteiger partial charge in [-0.25, -0.2) is 4.98 Å². The van der Waals surface area contributed by atoms with Crippen LogP contribution in [0.4, 0.5) is 18.9 Å². The third-order valence-electron chi connectivity index (χ3n) is 5.83. The standard InChI is InChI=1S/C24H23F3N4O3/c1-30-11-10-28-22(30)21(18-8-3-4-9-19(18)34-2)29-23(33)15-12-20(32)31(14-15)17-7-5-6-16(13-17)24(25,26)27/h3-11,13,15,21H,12,14H2,1-2H3,(H,29,33)/t15-,21-/m0/s1. The summed E-state index contributed by atoms with van der Waals surface area (Å²) in [6.07, 6.45) is -1.28. The minimum absolute atomic E-state index is 0.0226. The van der Waals surface area contributed by atoms with E-state index in [0.29, 0.717) is 17.1 Å². The Morgan fingerprint density at radius 2 is 1.97 bits per heavy atom. The Balaban J connectivity index is 1.58. The molecule has 4 rings (SSSR count). The highest BCUT2D eigenvalue weighted by molar-refractivity contribution is 6.00. The molecule has 0 unspecified atom stereocenters. The van der Waals surface area contributed by atoms with Gasteiger partial charge in [0.15, 0.2) is 0 Å². The number of imidazole rings is 1. The van der Waals surface area contributed by atoms with Gasteiger partial charge in [-0.1, -0.05) is 24.3 Å². The summed E-state index contributed by atoms with van der Waals surface area (Å²) in [4.78, 5) is 31.4. The SMILES string of the molecule is COc1ccccc1[C@H](NC(=O)[C@H]1CC(=O)N(c2cccc(C(F)(F)F)c2)C1)c1nccn1C. The quantitative estimate of drug-likeness (QED) is 0.594. The van der Waals surface area contributed by atoms with E-state index in [2.05, 4.69) is 10.3 Å². The minimum atomic E-state index is -4.53. The molecule has 7 nitrogen and oxygen atoms in total. The van der Waals surface area contributed by atoms with Crippen LogP contribution in [0.15, 0.2) is 60.9 Å². The number of para-hydroxylation sites is 1. The second-order valence-corrected chi connectivity index (χ2v) is 8.03. The zero-order chi connectivity index (χ0) is 24.5. The van der Waals surface area contributed by atoms with Crippen molar-refractivity contribution in [1.82, 2.24) is 14.9 Å². The van der Waals surface area contributed by atoms with Gasteiger partial charge in [-0.3, -0.25) is 9.59 Å². The molecule has 2 atom stereocenters. The lowest BCUT2D eigenvalue weighted by Gasteiger charge is -2.23. The van der Waals surface area contributed by atoms with Crippen molar-refractivity contribution in [2.24, 2.45) is 13.0 Å². The van der Waals surface area contributed by atoms with E-state index in [1.54, 1.807) is 30.1 Å². The fraction of sp³-hybridized carbons (Fsp3) is 0.292. The maximum atomic E-state index is 13.2. The van der Waals surface area contributed by atoms with Gasteiger partial charge in [0.25, 0.3) is 0 Å². The molecule has 0 bridgehead atoms. The van der Waals surface area contributed by atoms with Crippen LogP contribution in [-0.2, 0) is 22.8 Å². The number of halogens is 3. The van der Waals surface area contributed by atoms with E-state index in [-0.39, 0.29) is 18.7 Å². The van der Waals surface area contributed by atoms with Crippen molar-refractivity contribution < 1.29 is 27.5 Å². The second-order valence-electron chi connectivity index (χ2n) is 8.03. The molecule has 2 heterocycles. The highest BCUT2D eigenvalue weighted by Crippen LogP contribution is 2.34. The van der Waals surface area contributed by atoms with Gasteiger partial charge in [-0.15, -0.1) is 0 Å². The maximum absolute atomic E-state index is 13.2. The Hall–Kier alpha value is -3.82. The van der Waals surface area contributed by atoms with Crippen LogP contribution in [0.2, 0.25) is 0 Å². The van der Waals surface area contributed by atoms with Crippen molar-refractivity contribution in [2.45, 2.75) is 18.6 Å². The second kappa shape index (κ2) is 9.20. The summed E-state index contributed by atoms with van der Waals surface area (Å²) in [5, 5.41) is 2.96. The van der Waals surface area contributed by atoms with Crippen LogP contribution >= 0.6 is 0 Å². The lowest BCUT2D eigenvalue weighted by Crippen LogP contribution is -2.37. The largest absolute Gasteiger partial charge is 0.496 e. The minimum Gasteiger partial charge on any atom is -0.496 e. The van der Waals surface area contributed by atoms with E-state index in [1.807, 2.05) is 18.2 Å². The third-order valence-corrected chi connectivity index (χ3v) is 5.83. The first-order valence-corrected chi connectivity index (χ1v) is 10.6. The van der Waals surface area contributed by atoms with Gasteiger partial charge in [-0.05, 0) is 24.3 Å². The Kier molecular flexibility index (Phi) is 6.32. The molecule has 10 heteroatoms. The van der Waals surface area contributed by atoms with Gasteiger partial charge in [0.1, 0.15) is 17.6 Å². The summed E-state index contributed by atoms with van der Waals surface area (Å²) >= 11 is 0. The summed E-state index contributed by atoms with van der Waals surface area (Å²) in [6, 6.07) is 11.1. The Labute approximate surface area is 194 Å². The number of anilines is 1. The average molecular weight is 472 g/mol. The van der Waals surface area contributed by atoms with Crippen molar-refractivity contribution in [3.63, 3.8) is 0 Å². The third kappa shape index (κ3) is 4.61. The molecule has 0 radical (unpaired) electrons. The highest BCUT2D eigenvalue weighted by atomic mass is 19.4. The summed E-state index contributed by atoms with van der Waals surface area (Å²) in [7, 11) is 3.32. The zero-order valence-corrected chi connectivity index (χ0v) is 18.5. The number of alkyl halides is 3. The molecule has 178 valence electrons. The molecule has 1 aliphatic heterocycles. The molecule has 1 fully saturated rings. The lowest BCUT2D eigenvalue weighted by molar-refractivity contribution is -0.137. The first-order valence-electron chi connectivity index (χ1n) is 10.6. The summed E-state index contributed by atoms with van der Waals surface area (Å²) in [5.41, 5.74) is -0.0519. The highest BCUT2D eigenvalue weighted by Gasteiger charge is 2.38. The molecule has 1 N–H and O–H groups in total. The number of aromatic nitrogens is 2. The number of ether oxygens (including phenoxy) is 1. The maximum Gasteiger partial charge on any atom is 0.416 e. The van der Waals surface area contributed by atoms with Gasteiger partial charge < -0.3 is 19.5 Å². The molecule has 0 aliphatic carbocycles. The molecule has 3 aromatic rings. The van der Waals surface area contributed by atoms with E-state index in [9.17, 15) is 22.8 Å². The fourth-order valence-corrected chi connectivity index (χ4v) is 4.08. The Bertz CT molecular complexity index is 1210. The first-order chi connectivity index (χ1) is 16.2. The number of rotatable bonds is 6. The van der Waals surface area contributed by atoms with Crippen LogP contribution in [0.3, 0.4) is 0 Å². The van der Waals surface area contributed by atoms with Crippen LogP contribution in [0, 0.1) is 5.92 Å². The van der Waals surface area contributed by atoms with E-state index < -0.39 is 35.5 Å². The Morgan fingerprint density at radius 1 is 1.21 bits per heavy atom. The number of benzene rings is 2. The van der Waals surface area contributed by atoms with Crippen LogP contribution in [0.25, 0.3) is 0 Å². The number of nitrogens with zero attached hydrogens (tertiary/aromatic N) is 3. The lowest BCUT2D eigenvalue weighted by atomic mass is 10.0. The van der Waals surface area contributed by atoms with E-state index in [1.165, 1.54) is 24.1 Å². The van der Waals surface area contributed by atoms with Crippen LogP contribution in [0.5, 0.6) is 5.75 Å². The van der Waals surface area contributed by atoms with E-state index in [4.69, 9.17) is 4.74 Å². The molecular formula is C24H23F3N4O3. The number of amides is 2. The van der Waals surface area contributed by atoms with E-state index >= 15 is 0 Å². The van der Waals surface area contributed by atoms with Gasteiger partial charge in [0.2, 0.25) is 11.8 Å². The average Bonchev–Trinajstić information content (AvgIpc) is 3.42. The molecule has 1 aromatic heterocycles. The van der Waals surface area contributed by atoms with Gasteiger partial charge >= 0.3 is 6.18 Å². The topological polar surface area (TPSA) is 76.5 Å². The number of nitrogens with one attached hydrogen (secondary N) is 1. The molecule has 34 heavy (non-hydrogen) atoms. The van der Waals surface area contributed by atoms with Crippen molar-refractivity contribution >= 4 is 17.5 Å². The van der Waals surface area contributed by atoms with E-state index in [0.717, 1.165) is 12.1 Å². The van der Waals surface area contributed by atoms with Crippen molar-refractivity contribution in [1.29, 1.82) is 0 Å². The number of carbonyl (C=O) groups excluding carboxylic acids is 2. The fourth-order valence-electron chi connectivity index (χ4n) is 4.08. The number of hydrogen-bond acceptors (Lipinski definition) is 4. The van der Waals surface area contributed by atoms with Crippen molar-refractivity contribution in [3.05, 3.63) is 77.9 Å². The van der Waals surface area contributed by atoms with Gasteiger partial charge in [-0.2, -0.15) is 13.2 Å². The predicted molar refractivity (Wildman–Crippen MR) is 118 cm³/mol. The Morgan fingerprint density at radius 3 is 2.65 bits per heavy atom. The van der Waals surface area contributed by atoms with Gasteiger partial charge in [0, 0.05) is 43.7 Å². The molecule has 1 aliphatic rings. The molecular weight excluding hydrogens is 449 g/mol. The van der Waals surface area contributed by atoms with Crippen LogP contribution in [-0.4, -0.2) is 35.0 Å². The summed E-state index contributed by atoms with van der Waals surface area (Å²) < 4.78 is 46.5. The smallest absolute Gasteiger partial charge is 0.416 e. The normalized spacial score (nSPS) is 17.0. The van der Waals surface area contributed by atoms with Crippen LogP contribution in [0.1, 0.15) is 29.4 Å². The number of carbonyl (C=O) groups is 2. The predicted octanol–water partition coefficient (Wildman–Crippen LogP) is 3.71. The molecule has 2 aromatic carbocycles.